The molecule has 2 aliphatic carbocycles. The van der Waals surface area contributed by atoms with E-state index < -0.39 is 5.60 Å². The maximum absolute atomic E-state index is 11.3. The number of hydrogen-bond donors (Lipinski definition) is 3. The van der Waals surface area contributed by atoms with Gasteiger partial charge < -0.3 is 16.2 Å². The van der Waals surface area contributed by atoms with Crippen LogP contribution in [-0.2, 0) is 0 Å². The first-order chi connectivity index (χ1) is 8.12. The van der Waals surface area contributed by atoms with Gasteiger partial charge >= 0.3 is 0 Å². The summed E-state index contributed by atoms with van der Waals surface area (Å²) in [6, 6.07) is 0. The Morgan fingerprint density at radius 3 is 2.76 bits per heavy atom. The van der Waals surface area contributed by atoms with Crippen molar-refractivity contribution in [3.05, 3.63) is 0 Å². The van der Waals surface area contributed by atoms with Gasteiger partial charge in [0, 0.05) is 18.5 Å². The van der Waals surface area contributed by atoms with Crippen LogP contribution in [-0.4, -0.2) is 30.3 Å². The molecule has 3 aliphatic rings. The van der Waals surface area contributed by atoms with Crippen LogP contribution in [0.4, 0.5) is 0 Å². The molecular formula is C14H26N2O. The van der Waals surface area contributed by atoms with Crippen LogP contribution in [0.25, 0.3) is 0 Å². The van der Waals surface area contributed by atoms with Gasteiger partial charge in [0.2, 0.25) is 0 Å². The predicted molar refractivity (Wildman–Crippen MR) is 68.5 cm³/mol. The largest absolute Gasteiger partial charge is 0.389 e. The summed E-state index contributed by atoms with van der Waals surface area (Å²) in [6.45, 7) is 4.75. The lowest BCUT2D eigenvalue weighted by Gasteiger charge is -2.54. The number of nitrogens with two attached hydrogens (primary N) is 1. The summed E-state index contributed by atoms with van der Waals surface area (Å²) in [5, 5.41) is 14.7. The summed E-state index contributed by atoms with van der Waals surface area (Å²) in [6.07, 6.45) is 6.04. The third-order valence-electron chi connectivity index (χ3n) is 6.15. The van der Waals surface area contributed by atoms with Gasteiger partial charge in [-0.25, -0.2) is 0 Å². The van der Waals surface area contributed by atoms with Crippen molar-refractivity contribution in [2.75, 3.05) is 19.6 Å². The minimum atomic E-state index is -0.521. The van der Waals surface area contributed by atoms with Crippen molar-refractivity contribution >= 4 is 0 Å². The normalized spacial score (nSPS) is 54.2. The number of rotatable bonds is 2. The van der Waals surface area contributed by atoms with Crippen LogP contribution in [0.15, 0.2) is 0 Å². The molecule has 0 radical (unpaired) electrons. The van der Waals surface area contributed by atoms with Gasteiger partial charge in [-0.3, -0.25) is 0 Å². The average molecular weight is 238 g/mol. The molecule has 3 nitrogen and oxygen atoms in total. The number of nitrogens with one attached hydrogen (secondary N) is 1. The molecule has 0 amide bonds. The van der Waals surface area contributed by atoms with Crippen molar-refractivity contribution in [1.29, 1.82) is 0 Å². The van der Waals surface area contributed by atoms with Crippen molar-refractivity contribution in [1.82, 2.24) is 5.32 Å². The van der Waals surface area contributed by atoms with Gasteiger partial charge in [-0.15, -0.1) is 0 Å². The van der Waals surface area contributed by atoms with Crippen molar-refractivity contribution in [3.8, 4) is 0 Å². The van der Waals surface area contributed by atoms with E-state index in [0.29, 0.717) is 18.4 Å². The summed E-state index contributed by atoms with van der Waals surface area (Å²) in [5.74, 6) is 1.86. The predicted octanol–water partition coefficient (Wildman–Crippen LogP) is 1.11. The van der Waals surface area contributed by atoms with E-state index in [-0.39, 0.29) is 5.41 Å². The molecule has 3 fully saturated rings. The first kappa shape index (κ1) is 11.9. The first-order valence-corrected chi connectivity index (χ1v) is 7.25. The molecular weight excluding hydrogens is 212 g/mol. The van der Waals surface area contributed by atoms with E-state index in [1.165, 1.54) is 25.7 Å². The van der Waals surface area contributed by atoms with Crippen LogP contribution in [0.1, 0.15) is 39.0 Å². The second-order valence-electron chi connectivity index (χ2n) is 6.72. The van der Waals surface area contributed by atoms with Crippen molar-refractivity contribution in [2.45, 2.75) is 44.6 Å². The number of hydrogen-bond acceptors (Lipinski definition) is 3. The average Bonchev–Trinajstić information content (AvgIpc) is 2.93. The Kier molecular flexibility index (Phi) is 2.77. The van der Waals surface area contributed by atoms with Crippen molar-refractivity contribution in [2.24, 2.45) is 28.9 Å². The van der Waals surface area contributed by atoms with Gasteiger partial charge in [0.25, 0.3) is 0 Å². The summed E-state index contributed by atoms with van der Waals surface area (Å²) in [4.78, 5) is 0. The van der Waals surface area contributed by atoms with Crippen LogP contribution < -0.4 is 11.1 Å². The zero-order valence-corrected chi connectivity index (χ0v) is 10.9. The molecule has 2 saturated carbocycles. The molecule has 0 aromatic carbocycles. The standard InChI is InChI=1S/C14H26N2O/c1-10-8-16-5-4-14(10,17)13(9-15)7-11-2-3-12(13)6-11/h10-12,16-17H,2-9,15H2,1H3. The molecule has 17 heavy (non-hydrogen) atoms. The lowest BCUT2D eigenvalue weighted by atomic mass is 9.56. The topological polar surface area (TPSA) is 58.3 Å². The van der Waals surface area contributed by atoms with Crippen LogP contribution in [0.5, 0.6) is 0 Å². The second kappa shape index (κ2) is 3.94. The highest BCUT2D eigenvalue weighted by Crippen LogP contribution is 2.62. The SMILES string of the molecule is CC1CNCCC1(O)C1(CN)CC2CCC1C2. The fourth-order valence-corrected chi connectivity index (χ4v) is 5.15. The zero-order chi connectivity index (χ0) is 12.1. The molecule has 5 atom stereocenters. The smallest absolute Gasteiger partial charge is 0.0768 e. The summed E-state index contributed by atoms with van der Waals surface area (Å²) < 4.78 is 0. The Morgan fingerprint density at radius 2 is 2.24 bits per heavy atom. The highest BCUT2D eigenvalue weighted by atomic mass is 16.3. The Morgan fingerprint density at radius 1 is 1.41 bits per heavy atom. The Hall–Kier alpha value is -0.120. The fourth-order valence-electron chi connectivity index (χ4n) is 5.15. The van der Waals surface area contributed by atoms with Crippen LogP contribution in [0, 0.1) is 23.2 Å². The molecule has 0 aromatic rings. The highest BCUT2D eigenvalue weighted by Gasteiger charge is 2.62. The van der Waals surface area contributed by atoms with Crippen LogP contribution >= 0.6 is 0 Å². The van der Waals surface area contributed by atoms with E-state index >= 15 is 0 Å². The monoisotopic (exact) mass is 238 g/mol. The number of fused-ring (bicyclic) bond motifs is 2. The van der Waals surface area contributed by atoms with E-state index in [1.54, 1.807) is 0 Å². The molecule has 2 bridgehead atoms. The minimum absolute atomic E-state index is 0.0252. The molecule has 3 rings (SSSR count). The Bertz CT molecular complexity index is 309. The first-order valence-electron chi connectivity index (χ1n) is 7.25. The molecule has 0 aromatic heterocycles. The fraction of sp³-hybridized carbons (Fsp3) is 1.00. The quantitative estimate of drug-likeness (QED) is 0.675. The molecule has 4 N–H and O–H groups in total. The van der Waals surface area contributed by atoms with E-state index in [1.807, 2.05) is 0 Å². The molecule has 1 saturated heterocycles. The van der Waals surface area contributed by atoms with E-state index in [4.69, 9.17) is 5.73 Å². The lowest BCUT2D eigenvalue weighted by molar-refractivity contribution is -0.156. The molecule has 1 heterocycles. The summed E-state index contributed by atoms with van der Waals surface area (Å²) in [7, 11) is 0. The Balaban J connectivity index is 1.94. The number of aliphatic hydroxyl groups is 1. The van der Waals surface area contributed by atoms with Gasteiger partial charge in [-0.1, -0.05) is 13.3 Å². The highest BCUT2D eigenvalue weighted by molar-refractivity contribution is 5.13. The van der Waals surface area contributed by atoms with E-state index in [9.17, 15) is 5.11 Å². The zero-order valence-electron chi connectivity index (χ0n) is 10.9. The molecule has 5 unspecified atom stereocenters. The van der Waals surface area contributed by atoms with Crippen LogP contribution in [0.2, 0.25) is 0 Å². The second-order valence-corrected chi connectivity index (χ2v) is 6.72. The molecule has 98 valence electrons. The van der Waals surface area contributed by atoms with Gasteiger partial charge in [-0.05, 0) is 50.0 Å². The van der Waals surface area contributed by atoms with E-state index in [2.05, 4.69) is 12.2 Å². The summed E-state index contributed by atoms with van der Waals surface area (Å²) in [5.41, 5.74) is 5.66. The molecule has 3 heteroatoms. The number of piperidine rings is 1. The van der Waals surface area contributed by atoms with Gasteiger partial charge in [-0.2, -0.15) is 0 Å². The maximum atomic E-state index is 11.3. The van der Waals surface area contributed by atoms with Crippen molar-refractivity contribution < 1.29 is 5.11 Å². The molecule has 0 spiro atoms. The lowest BCUT2D eigenvalue weighted by Crippen LogP contribution is -2.63. The molecule has 1 aliphatic heterocycles. The van der Waals surface area contributed by atoms with Crippen LogP contribution in [0.3, 0.4) is 0 Å². The van der Waals surface area contributed by atoms with Gasteiger partial charge in [0.05, 0.1) is 5.60 Å². The van der Waals surface area contributed by atoms with Gasteiger partial charge in [0.15, 0.2) is 0 Å². The maximum Gasteiger partial charge on any atom is 0.0768 e. The van der Waals surface area contributed by atoms with Crippen molar-refractivity contribution in [3.63, 3.8) is 0 Å². The van der Waals surface area contributed by atoms with E-state index in [0.717, 1.165) is 25.4 Å². The Labute approximate surface area is 104 Å². The minimum Gasteiger partial charge on any atom is -0.389 e. The third kappa shape index (κ3) is 1.45. The van der Waals surface area contributed by atoms with Gasteiger partial charge in [0.1, 0.15) is 0 Å². The summed E-state index contributed by atoms with van der Waals surface area (Å²) >= 11 is 0. The third-order valence-corrected chi connectivity index (χ3v) is 6.15.